The van der Waals surface area contributed by atoms with Gasteiger partial charge in [0.05, 0.1) is 4.75 Å². The summed E-state index contributed by atoms with van der Waals surface area (Å²) >= 11 is 1.73. The number of carboxylic acid groups (broad SMARTS) is 1. The lowest BCUT2D eigenvalue weighted by atomic mass is 10.1. The molecule has 56 valence electrons. The molecule has 3 rings (SSSR count). The Labute approximate surface area is 67.2 Å². The Morgan fingerprint density at radius 1 is 1.82 bits per heavy atom. The molecule has 1 N–H and O–H groups in total. The van der Waals surface area contributed by atoms with E-state index in [9.17, 15) is 4.79 Å². The van der Waals surface area contributed by atoms with Crippen LogP contribution in [-0.2, 0) is 4.79 Å². The van der Waals surface area contributed by atoms with Crippen LogP contribution < -0.4 is 0 Å². The van der Waals surface area contributed by atoms with E-state index < -0.39 is 12.0 Å². The van der Waals surface area contributed by atoms with Gasteiger partial charge in [-0.15, -0.1) is 11.8 Å². The number of dihydropyridines is 1. The normalized spacial score (nSPS) is 48.9. The van der Waals surface area contributed by atoms with E-state index in [0.717, 1.165) is 0 Å². The minimum Gasteiger partial charge on any atom is -0.480 e. The standard InChI is InChI=1S/C7H5NO2S/c9-6(10)4-7-3(1-2-8-4)5(7)11-7/h1-2,4-5H,(H,9,10)/t4?,5?,7-/m0/s1. The van der Waals surface area contributed by atoms with Crippen molar-refractivity contribution in [3.8, 4) is 0 Å². The molecule has 0 amide bonds. The van der Waals surface area contributed by atoms with Gasteiger partial charge in [0.25, 0.3) is 0 Å². The maximum Gasteiger partial charge on any atom is 0.330 e. The molecule has 1 aliphatic carbocycles. The maximum atomic E-state index is 10.7. The summed E-state index contributed by atoms with van der Waals surface area (Å²) in [5.74, 6) is -0.792. The highest BCUT2D eigenvalue weighted by Gasteiger charge is 2.82. The second kappa shape index (κ2) is 1.39. The van der Waals surface area contributed by atoms with Gasteiger partial charge in [-0.2, -0.15) is 0 Å². The van der Waals surface area contributed by atoms with Crippen LogP contribution in [0.25, 0.3) is 0 Å². The van der Waals surface area contributed by atoms with Crippen molar-refractivity contribution in [2.24, 2.45) is 4.99 Å². The molecule has 1 spiro atoms. The lowest BCUT2D eigenvalue weighted by Crippen LogP contribution is -2.29. The van der Waals surface area contributed by atoms with Crippen molar-refractivity contribution in [3.05, 3.63) is 11.6 Å². The van der Waals surface area contributed by atoms with Gasteiger partial charge < -0.3 is 5.11 Å². The molecule has 3 aliphatic rings. The zero-order valence-corrected chi connectivity index (χ0v) is 6.34. The third kappa shape index (κ3) is 0.464. The van der Waals surface area contributed by atoms with Crippen LogP contribution in [0, 0.1) is 0 Å². The Morgan fingerprint density at radius 3 is 3.18 bits per heavy atom. The van der Waals surface area contributed by atoms with Crippen molar-refractivity contribution >= 4 is 23.9 Å². The predicted molar refractivity (Wildman–Crippen MR) is 42.1 cm³/mol. The molecular weight excluding hydrogens is 162 g/mol. The summed E-state index contributed by atoms with van der Waals surface area (Å²) in [6.07, 6.45) is 3.56. The van der Waals surface area contributed by atoms with Crippen molar-refractivity contribution in [2.75, 3.05) is 0 Å². The number of carboxylic acids is 1. The molecule has 0 bridgehead atoms. The number of rotatable bonds is 1. The lowest BCUT2D eigenvalue weighted by molar-refractivity contribution is -0.138. The van der Waals surface area contributed by atoms with Gasteiger partial charge in [-0.05, 0) is 11.6 Å². The van der Waals surface area contributed by atoms with Gasteiger partial charge in [0.15, 0.2) is 6.04 Å². The molecule has 1 saturated heterocycles. The van der Waals surface area contributed by atoms with Crippen molar-refractivity contribution in [1.82, 2.24) is 0 Å². The Morgan fingerprint density at radius 2 is 2.64 bits per heavy atom. The van der Waals surface area contributed by atoms with E-state index >= 15 is 0 Å². The van der Waals surface area contributed by atoms with Gasteiger partial charge in [-0.25, -0.2) is 4.79 Å². The Bertz CT molecular complexity index is 322. The largest absolute Gasteiger partial charge is 0.480 e. The Hall–Kier alpha value is -0.770. The first-order chi connectivity index (χ1) is 5.27. The van der Waals surface area contributed by atoms with Gasteiger partial charge >= 0.3 is 5.97 Å². The fraction of sp³-hybridized carbons (Fsp3) is 0.429. The average Bonchev–Trinajstić information content (AvgIpc) is 2.73. The van der Waals surface area contributed by atoms with E-state index in [-0.39, 0.29) is 4.75 Å². The number of hydrogen-bond donors (Lipinski definition) is 1. The predicted octanol–water partition coefficient (Wildman–Crippen LogP) is 0.318. The lowest BCUT2D eigenvalue weighted by Gasteiger charge is -2.12. The Kier molecular flexibility index (Phi) is 0.735. The highest BCUT2D eigenvalue weighted by Crippen LogP contribution is 2.80. The third-order valence-corrected chi connectivity index (χ3v) is 4.12. The molecule has 4 heteroatoms. The molecule has 0 aromatic rings. The zero-order chi connectivity index (χ0) is 7.64. The van der Waals surface area contributed by atoms with Crippen LogP contribution in [0.5, 0.6) is 0 Å². The number of allylic oxidation sites excluding steroid dienone is 1. The summed E-state index contributed by atoms with van der Waals surface area (Å²) in [4.78, 5) is 14.6. The molecule has 0 radical (unpaired) electrons. The van der Waals surface area contributed by atoms with Gasteiger partial charge in [0, 0.05) is 11.5 Å². The van der Waals surface area contributed by atoms with Crippen molar-refractivity contribution in [2.45, 2.75) is 16.0 Å². The van der Waals surface area contributed by atoms with Crippen LogP contribution >= 0.6 is 11.8 Å². The summed E-state index contributed by atoms with van der Waals surface area (Å²) in [5, 5.41) is 9.26. The van der Waals surface area contributed by atoms with Gasteiger partial charge in [0.1, 0.15) is 0 Å². The van der Waals surface area contributed by atoms with Crippen LogP contribution in [0.4, 0.5) is 0 Å². The molecule has 1 saturated carbocycles. The number of hydrogen-bond acceptors (Lipinski definition) is 3. The first kappa shape index (κ1) is 5.83. The van der Waals surface area contributed by atoms with Crippen molar-refractivity contribution < 1.29 is 9.90 Å². The third-order valence-electron chi connectivity index (χ3n) is 2.42. The van der Waals surface area contributed by atoms with E-state index in [2.05, 4.69) is 4.99 Å². The highest BCUT2D eigenvalue weighted by atomic mass is 32.2. The molecular formula is C7H5NO2S. The second-order valence-corrected chi connectivity index (χ2v) is 4.33. The SMILES string of the molecule is O=C(O)C1N=CC=C2C3S[C@@]213. The second-order valence-electron chi connectivity index (χ2n) is 2.95. The summed E-state index contributed by atoms with van der Waals surface area (Å²) in [6.45, 7) is 0. The molecule has 0 aromatic carbocycles. The molecule has 11 heavy (non-hydrogen) atoms. The van der Waals surface area contributed by atoms with Crippen LogP contribution in [0.1, 0.15) is 0 Å². The number of nitrogens with zero attached hydrogens (tertiary/aromatic N) is 1. The quantitative estimate of drug-likeness (QED) is 0.572. The first-order valence-electron chi connectivity index (χ1n) is 3.41. The zero-order valence-electron chi connectivity index (χ0n) is 5.52. The van der Waals surface area contributed by atoms with Crippen LogP contribution in [0.2, 0.25) is 0 Å². The number of fused-ring (bicyclic) bond motifs is 1. The number of carbonyl (C=O) groups is 1. The molecule has 2 heterocycles. The van der Waals surface area contributed by atoms with E-state index in [1.165, 1.54) is 5.57 Å². The molecule has 2 aliphatic heterocycles. The summed E-state index contributed by atoms with van der Waals surface area (Å²) in [6, 6.07) is -0.502. The highest BCUT2D eigenvalue weighted by molar-refractivity contribution is 8.11. The average molecular weight is 167 g/mol. The van der Waals surface area contributed by atoms with E-state index in [4.69, 9.17) is 5.11 Å². The van der Waals surface area contributed by atoms with Crippen LogP contribution in [0.3, 0.4) is 0 Å². The first-order valence-corrected chi connectivity index (χ1v) is 4.29. The maximum absolute atomic E-state index is 10.7. The van der Waals surface area contributed by atoms with E-state index in [1.807, 2.05) is 6.08 Å². The number of aliphatic carboxylic acids is 1. The monoisotopic (exact) mass is 167 g/mol. The smallest absolute Gasteiger partial charge is 0.330 e. The van der Waals surface area contributed by atoms with Crippen molar-refractivity contribution in [3.63, 3.8) is 0 Å². The van der Waals surface area contributed by atoms with Gasteiger partial charge in [-0.3, -0.25) is 4.99 Å². The molecule has 2 unspecified atom stereocenters. The Balaban J connectivity index is 2.03. The minimum atomic E-state index is -0.792. The van der Waals surface area contributed by atoms with Crippen molar-refractivity contribution in [1.29, 1.82) is 0 Å². The summed E-state index contributed by atoms with van der Waals surface area (Å²) < 4.78 is -0.0689. The van der Waals surface area contributed by atoms with Crippen LogP contribution in [0.15, 0.2) is 16.6 Å². The van der Waals surface area contributed by atoms with E-state index in [1.54, 1.807) is 18.0 Å². The molecule has 2 fully saturated rings. The molecule has 0 aromatic heterocycles. The van der Waals surface area contributed by atoms with E-state index in [0.29, 0.717) is 5.25 Å². The summed E-state index contributed by atoms with van der Waals surface area (Å²) in [5.41, 5.74) is 1.28. The topological polar surface area (TPSA) is 49.7 Å². The number of aliphatic imine (C=N–C) groups is 1. The fourth-order valence-corrected chi connectivity index (χ4v) is 3.12. The minimum absolute atomic E-state index is 0.0689. The van der Waals surface area contributed by atoms with Gasteiger partial charge in [0.2, 0.25) is 0 Å². The fourth-order valence-electron chi connectivity index (χ4n) is 1.71. The number of thioether (sulfide) groups is 1. The van der Waals surface area contributed by atoms with Crippen LogP contribution in [-0.4, -0.2) is 33.3 Å². The molecule has 3 atom stereocenters. The summed E-state index contributed by atoms with van der Waals surface area (Å²) in [7, 11) is 0. The van der Waals surface area contributed by atoms with Gasteiger partial charge in [-0.1, -0.05) is 0 Å². The molecule has 3 nitrogen and oxygen atoms in total.